The quantitative estimate of drug-likeness (QED) is 0.682. The summed E-state index contributed by atoms with van der Waals surface area (Å²) in [4.78, 5) is 24.6. The molecular weight excluding hydrogens is 266 g/mol. The van der Waals surface area contributed by atoms with Crippen molar-refractivity contribution in [3.63, 3.8) is 0 Å². The minimum Gasteiger partial charge on any atom is -0.465 e. The second-order valence-electron chi connectivity index (χ2n) is 6.42. The van der Waals surface area contributed by atoms with Crippen LogP contribution in [-0.4, -0.2) is 18.5 Å². The summed E-state index contributed by atoms with van der Waals surface area (Å²) in [6, 6.07) is 5.80. The lowest BCUT2D eigenvalue weighted by Gasteiger charge is -2.27. The molecule has 1 N–H and O–H groups in total. The van der Waals surface area contributed by atoms with Gasteiger partial charge in [0.1, 0.15) is 5.92 Å². The van der Waals surface area contributed by atoms with Crippen LogP contribution >= 0.6 is 0 Å². The fourth-order valence-electron chi connectivity index (χ4n) is 2.34. The Bertz CT molecular complexity index is 509. The number of carbonyl (C=O) groups excluding carboxylic acids is 2. The molecule has 0 aromatic heterocycles. The summed E-state index contributed by atoms with van der Waals surface area (Å²) in [5.41, 5.74) is 2.33. The molecule has 0 saturated heterocycles. The number of aryl methyl sites for hydroxylation is 2. The largest absolute Gasteiger partial charge is 0.465 e. The molecule has 0 aliphatic carbocycles. The van der Waals surface area contributed by atoms with Crippen molar-refractivity contribution in [2.45, 2.75) is 41.5 Å². The van der Waals surface area contributed by atoms with Gasteiger partial charge in [-0.15, -0.1) is 0 Å². The number of esters is 1. The molecule has 0 heterocycles. The van der Waals surface area contributed by atoms with Crippen LogP contribution < -0.4 is 5.32 Å². The highest BCUT2D eigenvalue weighted by Gasteiger charge is 2.38. The number of carbonyl (C=O) groups is 2. The zero-order valence-electron chi connectivity index (χ0n) is 13.7. The van der Waals surface area contributed by atoms with Gasteiger partial charge in [-0.2, -0.15) is 0 Å². The zero-order chi connectivity index (χ0) is 16.2. The number of hydrogen-bond acceptors (Lipinski definition) is 3. The lowest BCUT2D eigenvalue weighted by atomic mass is 9.80. The molecule has 0 aliphatic heterocycles. The van der Waals surface area contributed by atoms with Gasteiger partial charge in [0, 0.05) is 5.69 Å². The van der Waals surface area contributed by atoms with E-state index in [1.54, 1.807) is 6.92 Å². The number of hydrogen-bond donors (Lipinski definition) is 1. The van der Waals surface area contributed by atoms with E-state index in [2.05, 4.69) is 5.32 Å². The Balaban J connectivity index is 2.98. The highest BCUT2D eigenvalue weighted by Crippen LogP contribution is 2.28. The van der Waals surface area contributed by atoms with Crippen molar-refractivity contribution in [1.82, 2.24) is 0 Å². The summed E-state index contributed by atoms with van der Waals surface area (Å²) in [6.45, 7) is 11.5. The number of amides is 1. The summed E-state index contributed by atoms with van der Waals surface area (Å²) in [7, 11) is 0. The summed E-state index contributed by atoms with van der Waals surface area (Å²) < 4.78 is 5.04. The van der Waals surface area contributed by atoms with Crippen molar-refractivity contribution in [3.05, 3.63) is 29.3 Å². The first-order valence-electron chi connectivity index (χ1n) is 7.21. The maximum Gasteiger partial charge on any atom is 0.319 e. The van der Waals surface area contributed by atoms with E-state index in [9.17, 15) is 9.59 Å². The Morgan fingerprint density at radius 2 is 1.67 bits per heavy atom. The van der Waals surface area contributed by atoms with Crippen LogP contribution in [0.1, 0.15) is 38.8 Å². The van der Waals surface area contributed by atoms with Crippen LogP contribution in [0.15, 0.2) is 18.2 Å². The molecule has 1 aromatic rings. The van der Waals surface area contributed by atoms with E-state index in [0.29, 0.717) is 5.69 Å². The van der Waals surface area contributed by atoms with Gasteiger partial charge in [0.05, 0.1) is 6.61 Å². The standard InChI is InChI=1S/C17H25NO3/c1-7-21-16(20)14(17(4,5)6)15(19)18-13-9-11(2)8-12(3)10-13/h8-10,14H,7H2,1-6H3,(H,18,19). The second kappa shape index (κ2) is 6.74. The third kappa shape index (κ3) is 4.88. The van der Waals surface area contributed by atoms with E-state index in [1.807, 2.05) is 52.8 Å². The van der Waals surface area contributed by atoms with Gasteiger partial charge >= 0.3 is 5.97 Å². The van der Waals surface area contributed by atoms with Crippen LogP contribution in [0.25, 0.3) is 0 Å². The van der Waals surface area contributed by atoms with Crippen LogP contribution in [0.2, 0.25) is 0 Å². The first-order chi connectivity index (χ1) is 9.65. The van der Waals surface area contributed by atoms with Gasteiger partial charge in [-0.25, -0.2) is 0 Å². The van der Waals surface area contributed by atoms with Crippen molar-refractivity contribution < 1.29 is 14.3 Å². The molecule has 0 spiro atoms. The second-order valence-corrected chi connectivity index (χ2v) is 6.42. The van der Waals surface area contributed by atoms with E-state index in [1.165, 1.54) is 0 Å². The lowest BCUT2D eigenvalue weighted by molar-refractivity contribution is -0.155. The Labute approximate surface area is 126 Å². The van der Waals surface area contributed by atoms with Gasteiger partial charge < -0.3 is 10.1 Å². The van der Waals surface area contributed by atoms with Crippen LogP contribution in [0, 0.1) is 25.2 Å². The van der Waals surface area contributed by atoms with Crippen LogP contribution in [0.5, 0.6) is 0 Å². The Morgan fingerprint density at radius 1 is 1.14 bits per heavy atom. The van der Waals surface area contributed by atoms with Crippen molar-refractivity contribution in [2.75, 3.05) is 11.9 Å². The summed E-state index contributed by atoms with van der Waals surface area (Å²) in [6.07, 6.45) is 0. The minimum atomic E-state index is -0.835. The summed E-state index contributed by atoms with van der Waals surface area (Å²) >= 11 is 0. The van der Waals surface area contributed by atoms with Gasteiger partial charge in [0.25, 0.3) is 0 Å². The van der Waals surface area contributed by atoms with Crippen molar-refractivity contribution in [3.8, 4) is 0 Å². The van der Waals surface area contributed by atoms with Crippen LogP contribution in [-0.2, 0) is 14.3 Å². The number of ether oxygens (including phenoxy) is 1. The smallest absolute Gasteiger partial charge is 0.319 e. The minimum absolute atomic E-state index is 0.266. The third-order valence-electron chi connectivity index (χ3n) is 3.14. The van der Waals surface area contributed by atoms with Gasteiger partial charge in [0.2, 0.25) is 5.91 Å². The summed E-state index contributed by atoms with van der Waals surface area (Å²) in [5, 5.41) is 2.83. The van der Waals surface area contributed by atoms with Crippen LogP contribution in [0.3, 0.4) is 0 Å². The highest BCUT2D eigenvalue weighted by atomic mass is 16.5. The van der Waals surface area contributed by atoms with Gasteiger partial charge in [0.15, 0.2) is 0 Å². The maximum absolute atomic E-state index is 12.5. The Kier molecular flexibility index (Phi) is 5.53. The fourth-order valence-corrected chi connectivity index (χ4v) is 2.34. The first kappa shape index (κ1) is 17.2. The highest BCUT2D eigenvalue weighted by molar-refractivity contribution is 6.05. The number of nitrogens with one attached hydrogen (secondary N) is 1. The Morgan fingerprint density at radius 3 is 2.10 bits per heavy atom. The van der Waals surface area contributed by atoms with E-state index in [4.69, 9.17) is 4.74 Å². The molecule has 21 heavy (non-hydrogen) atoms. The number of anilines is 1. The molecule has 4 heteroatoms. The van der Waals surface area contributed by atoms with Gasteiger partial charge in [-0.05, 0) is 49.4 Å². The van der Waals surface area contributed by atoms with Crippen molar-refractivity contribution in [2.24, 2.45) is 11.3 Å². The molecule has 0 fully saturated rings. The fraction of sp³-hybridized carbons (Fsp3) is 0.529. The SMILES string of the molecule is CCOC(=O)C(C(=O)Nc1cc(C)cc(C)c1)C(C)(C)C. The maximum atomic E-state index is 12.5. The van der Waals surface area contributed by atoms with Crippen molar-refractivity contribution in [1.29, 1.82) is 0 Å². The monoisotopic (exact) mass is 291 g/mol. The third-order valence-corrected chi connectivity index (χ3v) is 3.14. The Hall–Kier alpha value is -1.84. The molecule has 0 bridgehead atoms. The van der Waals surface area contributed by atoms with E-state index < -0.39 is 17.3 Å². The van der Waals surface area contributed by atoms with E-state index in [0.717, 1.165) is 11.1 Å². The molecule has 1 unspecified atom stereocenters. The number of benzene rings is 1. The predicted molar refractivity (Wildman–Crippen MR) is 84.1 cm³/mol. The zero-order valence-corrected chi connectivity index (χ0v) is 13.7. The van der Waals surface area contributed by atoms with E-state index in [-0.39, 0.29) is 12.5 Å². The molecule has 1 amide bonds. The van der Waals surface area contributed by atoms with E-state index >= 15 is 0 Å². The molecule has 4 nitrogen and oxygen atoms in total. The number of rotatable bonds is 4. The normalized spacial score (nSPS) is 12.7. The molecule has 0 saturated carbocycles. The molecule has 1 rings (SSSR count). The van der Waals surface area contributed by atoms with Gasteiger partial charge in [-0.1, -0.05) is 26.8 Å². The summed E-state index contributed by atoms with van der Waals surface area (Å²) in [5.74, 6) is -1.64. The molecular formula is C17H25NO3. The molecule has 0 aliphatic rings. The van der Waals surface area contributed by atoms with Crippen LogP contribution in [0.4, 0.5) is 5.69 Å². The topological polar surface area (TPSA) is 55.4 Å². The first-order valence-corrected chi connectivity index (χ1v) is 7.21. The average Bonchev–Trinajstić information content (AvgIpc) is 2.25. The van der Waals surface area contributed by atoms with Crippen molar-refractivity contribution >= 4 is 17.6 Å². The molecule has 1 atom stereocenters. The van der Waals surface area contributed by atoms with Gasteiger partial charge in [-0.3, -0.25) is 9.59 Å². The molecule has 0 radical (unpaired) electrons. The molecule has 1 aromatic carbocycles. The molecule has 116 valence electrons. The lowest BCUT2D eigenvalue weighted by Crippen LogP contribution is -2.40. The predicted octanol–water partition coefficient (Wildman–Crippen LogP) is 3.47. The average molecular weight is 291 g/mol.